The zero-order valence-electron chi connectivity index (χ0n) is 13.2. The lowest BCUT2D eigenvalue weighted by Gasteiger charge is -2.12. The lowest BCUT2D eigenvalue weighted by molar-refractivity contribution is 1.72. The van der Waals surface area contributed by atoms with Crippen LogP contribution in [-0.4, -0.2) is 0 Å². The van der Waals surface area contributed by atoms with Gasteiger partial charge < -0.3 is 0 Å². The Balaban J connectivity index is 0.000000338. The molecule has 3 rings (SSSR count). The maximum absolute atomic E-state index is 3.96. The first-order valence-electron chi connectivity index (χ1n) is 7.34. The van der Waals surface area contributed by atoms with Crippen LogP contribution in [0.3, 0.4) is 0 Å². The Bertz CT molecular complexity index is 743. The Morgan fingerprint density at radius 1 is 0.565 bits per heavy atom. The van der Waals surface area contributed by atoms with Crippen molar-refractivity contribution in [3.8, 4) is 0 Å². The molecule has 0 atom stereocenters. The average Bonchev–Trinajstić information content (AvgIpc) is 2.60. The van der Waals surface area contributed by atoms with Gasteiger partial charge in [0.15, 0.2) is 0 Å². The molecule has 0 amide bonds. The van der Waals surface area contributed by atoms with E-state index >= 15 is 0 Å². The Labute approximate surface area is 142 Å². The SMILES string of the molecule is C=CSC=C.C=Cc1c2ccccc2c(C=C)c2ccccc12. The van der Waals surface area contributed by atoms with E-state index in [1.54, 1.807) is 10.8 Å². The second-order valence-corrected chi connectivity index (χ2v) is 5.74. The third-order valence-electron chi connectivity index (χ3n) is 3.62. The summed E-state index contributed by atoms with van der Waals surface area (Å²) in [7, 11) is 0. The molecule has 3 aromatic carbocycles. The number of fused-ring (bicyclic) bond motifs is 2. The Hall–Kier alpha value is -2.51. The second-order valence-electron chi connectivity index (χ2n) is 4.80. The minimum Gasteiger partial charge on any atom is -0.107 e. The van der Waals surface area contributed by atoms with Crippen LogP contribution in [0.15, 0.2) is 85.7 Å². The molecule has 0 nitrogen and oxygen atoms in total. The minimum absolute atomic E-state index is 1.20. The first-order valence-corrected chi connectivity index (χ1v) is 8.28. The molecule has 0 aliphatic carbocycles. The largest absolute Gasteiger partial charge is 0.107 e. The van der Waals surface area contributed by atoms with E-state index < -0.39 is 0 Å². The van der Waals surface area contributed by atoms with E-state index in [0.717, 1.165) is 0 Å². The topological polar surface area (TPSA) is 0 Å². The Morgan fingerprint density at radius 2 is 0.870 bits per heavy atom. The van der Waals surface area contributed by atoms with E-state index in [1.807, 2.05) is 12.2 Å². The summed E-state index contributed by atoms with van der Waals surface area (Å²) in [6, 6.07) is 16.8. The quantitative estimate of drug-likeness (QED) is 0.455. The van der Waals surface area contributed by atoms with Crippen LogP contribution < -0.4 is 0 Å². The van der Waals surface area contributed by atoms with Gasteiger partial charge in [-0.1, -0.05) is 87.0 Å². The van der Waals surface area contributed by atoms with Gasteiger partial charge in [0.2, 0.25) is 0 Å². The summed E-state index contributed by atoms with van der Waals surface area (Å²) in [5, 5.41) is 8.41. The van der Waals surface area contributed by atoms with Gasteiger partial charge in [-0.3, -0.25) is 0 Å². The summed E-state index contributed by atoms with van der Waals surface area (Å²) in [5.74, 6) is 0. The predicted octanol–water partition coefficient (Wildman–Crippen LogP) is 7.29. The number of thioether (sulfide) groups is 1. The van der Waals surface area contributed by atoms with Crippen molar-refractivity contribution in [1.29, 1.82) is 0 Å². The van der Waals surface area contributed by atoms with Crippen molar-refractivity contribution in [1.82, 2.24) is 0 Å². The van der Waals surface area contributed by atoms with Crippen molar-refractivity contribution in [2.24, 2.45) is 0 Å². The number of hydrogen-bond donors (Lipinski definition) is 0. The summed E-state index contributed by atoms with van der Waals surface area (Å²) in [5.41, 5.74) is 2.40. The van der Waals surface area contributed by atoms with Crippen molar-refractivity contribution in [3.05, 3.63) is 96.8 Å². The molecule has 0 saturated carbocycles. The average molecular weight is 316 g/mol. The van der Waals surface area contributed by atoms with Gasteiger partial charge in [-0.05, 0) is 43.5 Å². The van der Waals surface area contributed by atoms with Gasteiger partial charge in [-0.25, -0.2) is 0 Å². The third kappa shape index (κ3) is 3.46. The summed E-state index contributed by atoms with van der Waals surface area (Å²) < 4.78 is 0. The lowest BCUT2D eigenvalue weighted by atomic mass is 9.92. The molecule has 23 heavy (non-hydrogen) atoms. The number of hydrogen-bond acceptors (Lipinski definition) is 1. The summed E-state index contributed by atoms with van der Waals surface area (Å²) >= 11 is 1.49. The molecule has 114 valence electrons. The van der Waals surface area contributed by atoms with Crippen molar-refractivity contribution < 1.29 is 0 Å². The van der Waals surface area contributed by atoms with Crippen LogP contribution in [0.5, 0.6) is 0 Å². The number of benzene rings is 3. The highest BCUT2D eigenvalue weighted by atomic mass is 32.2. The lowest BCUT2D eigenvalue weighted by Crippen LogP contribution is -1.87. The van der Waals surface area contributed by atoms with Crippen molar-refractivity contribution in [2.75, 3.05) is 0 Å². The fourth-order valence-electron chi connectivity index (χ4n) is 2.70. The smallest absolute Gasteiger partial charge is 0.00992 e. The molecule has 0 spiro atoms. The van der Waals surface area contributed by atoms with Gasteiger partial charge in [-0.15, -0.1) is 11.8 Å². The molecular weight excluding hydrogens is 296 g/mol. The molecule has 0 aromatic heterocycles. The van der Waals surface area contributed by atoms with Gasteiger partial charge in [0.1, 0.15) is 0 Å². The zero-order valence-corrected chi connectivity index (χ0v) is 14.0. The molecule has 0 heterocycles. The molecule has 0 fully saturated rings. The van der Waals surface area contributed by atoms with Crippen LogP contribution in [0.2, 0.25) is 0 Å². The molecule has 0 unspecified atom stereocenters. The van der Waals surface area contributed by atoms with E-state index in [0.29, 0.717) is 0 Å². The summed E-state index contributed by atoms with van der Waals surface area (Å²) in [4.78, 5) is 0. The zero-order chi connectivity index (χ0) is 16.7. The Morgan fingerprint density at radius 3 is 1.04 bits per heavy atom. The van der Waals surface area contributed by atoms with E-state index in [9.17, 15) is 0 Å². The predicted molar refractivity (Wildman–Crippen MR) is 110 cm³/mol. The molecule has 0 aliphatic rings. The van der Waals surface area contributed by atoms with Crippen LogP contribution in [0.1, 0.15) is 11.1 Å². The Kier molecular flexibility index (Phi) is 6.02. The van der Waals surface area contributed by atoms with Crippen LogP contribution in [0, 0.1) is 0 Å². The maximum atomic E-state index is 3.96. The molecule has 0 N–H and O–H groups in total. The maximum Gasteiger partial charge on any atom is -0.00992 e. The van der Waals surface area contributed by atoms with Gasteiger partial charge in [0.05, 0.1) is 0 Å². The van der Waals surface area contributed by atoms with E-state index in [-0.39, 0.29) is 0 Å². The molecular formula is C22H20S. The van der Waals surface area contributed by atoms with Crippen LogP contribution in [0.25, 0.3) is 33.7 Å². The van der Waals surface area contributed by atoms with Gasteiger partial charge in [0, 0.05) is 0 Å². The highest BCUT2D eigenvalue weighted by Gasteiger charge is 2.08. The highest BCUT2D eigenvalue weighted by molar-refractivity contribution is 8.04. The fourth-order valence-corrected chi connectivity index (χ4v) is 2.84. The van der Waals surface area contributed by atoms with Gasteiger partial charge in [0.25, 0.3) is 0 Å². The van der Waals surface area contributed by atoms with E-state index in [2.05, 4.69) is 74.8 Å². The summed E-state index contributed by atoms with van der Waals surface area (Å²) in [6.07, 6.45) is 3.88. The first-order chi connectivity index (χ1) is 11.3. The molecule has 3 aromatic rings. The van der Waals surface area contributed by atoms with Crippen molar-refractivity contribution >= 4 is 45.5 Å². The van der Waals surface area contributed by atoms with Crippen LogP contribution >= 0.6 is 11.8 Å². The van der Waals surface area contributed by atoms with Crippen LogP contribution in [-0.2, 0) is 0 Å². The third-order valence-corrected chi connectivity index (χ3v) is 4.00. The van der Waals surface area contributed by atoms with Gasteiger partial charge in [-0.2, -0.15) is 0 Å². The minimum atomic E-state index is 1.20. The van der Waals surface area contributed by atoms with Gasteiger partial charge >= 0.3 is 0 Å². The molecule has 0 bridgehead atoms. The molecule has 0 aliphatic heterocycles. The standard InChI is InChI=1S/C18H14.C4H6S/c1-3-13-15-9-5-7-11-17(15)14(4-2)18-12-8-6-10-16(13)18;1-3-5-4-2/h3-12H,1-2H2;3-4H,1-2H2. The highest BCUT2D eigenvalue weighted by Crippen LogP contribution is 2.33. The van der Waals surface area contributed by atoms with E-state index in [1.165, 1.54) is 44.4 Å². The fraction of sp³-hybridized carbons (Fsp3) is 0. The van der Waals surface area contributed by atoms with Crippen molar-refractivity contribution in [2.45, 2.75) is 0 Å². The monoisotopic (exact) mass is 316 g/mol. The second kappa shape index (κ2) is 8.21. The molecule has 0 saturated heterocycles. The van der Waals surface area contributed by atoms with E-state index in [4.69, 9.17) is 0 Å². The number of rotatable bonds is 4. The normalized spacial score (nSPS) is 9.74. The molecule has 1 heteroatoms. The molecule has 0 radical (unpaired) electrons. The van der Waals surface area contributed by atoms with Crippen LogP contribution in [0.4, 0.5) is 0 Å². The van der Waals surface area contributed by atoms with Crippen molar-refractivity contribution in [3.63, 3.8) is 0 Å². The summed E-state index contributed by atoms with van der Waals surface area (Å²) in [6.45, 7) is 14.8. The first kappa shape index (κ1) is 16.9.